The molecule has 1 aromatic rings. The molecule has 20 heavy (non-hydrogen) atoms. The summed E-state index contributed by atoms with van der Waals surface area (Å²) in [6, 6.07) is 5.45. The van der Waals surface area contributed by atoms with E-state index in [9.17, 15) is 9.59 Å². The third kappa shape index (κ3) is 3.18. The number of carbonyl (C=O) groups excluding carboxylic acids is 2. The lowest BCUT2D eigenvalue weighted by molar-refractivity contribution is -0.127. The Hall–Kier alpha value is -1.84. The first-order valence-corrected chi connectivity index (χ1v) is 7.08. The molecule has 1 N–H and O–H groups in total. The van der Waals surface area contributed by atoms with Crippen LogP contribution in [0.5, 0.6) is 5.75 Å². The molecular weight excluding hydrogens is 254 g/mol. The predicted molar refractivity (Wildman–Crippen MR) is 77.0 cm³/mol. The van der Waals surface area contributed by atoms with Gasteiger partial charge >= 0.3 is 0 Å². The molecular formula is C16H21NO3. The van der Waals surface area contributed by atoms with Crippen LogP contribution in [0.2, 0.25) is 0 Å². The Morgan fingerprint density at radius 3 is 2.75 bits per heavy atom. The van der Waals surface area contributed by atoms with Gasteiger partial charge in [-0.25, -0.2) is 0 Å². The van der Waals surface area contributed by atoms with E-state index in [4.69, 9.17) is 4.74 Å². The van der Waals surface area contributed by atoms with Gasteiger partial charge in [-0.2, -0.15) is 0 Å². The Balaban J connectivity index is 2.04. The van der Waals surface area contributed by atoms with E-state index in [1.807, 2.05) is 26.0 Å². The molecule has 1 atom stereocenters. The van der Waals surface area contributed by atoms with Gasteiger partial charge in [-0.3, -0.25) is 9.59 Å². The Labute approximate surface area is 119 Å². The topological polar surface area (TPSA) is 55.4 Å². The SMILES string of the molecule is CC(C)CNC(=O)C(C)Oc1cccc2c1CCC2=O. The lowest BCUT2D eigenvalue weighted by Crippen LogP contribution is -2.38. The standard InChI is InChI=1S/C16H21NO3/c1-10(2)9-17-16(19)11(3)20-15-6-4-5-12-13(15)7-8-14(12)18/h4-6,10-11H,7-9H2,1-3H3,(H,17,19). The first-order chi connectivity index (χ1) is 9.49. The first-order valence-electron chi connectivity index (χ1n) is 7.08. The van der Waals surface area contributed by atoms with E-state index in [2.05, 4.69) is 5.32 Å². The molecule has 0 saturated heterocycles. The zero-order valence-corrected chi connectivity index (χ0v) is 12.2. The molecule has 0 bridgehead atoms. The summed E-state index contributed by atoms with van der Waals surface area (Å²) in [5.41, 5.74) is 1.67. The number of ether oxygens (including phenoxy) is 1. The van der Waals surface area contributed by atoms with E-state index >= 15 is 0 Å². The van der Waals surface area contributed by atoms with Crippen LogP contribution in [0.3, 0.4) is 0 Å². The maximum atomic E-state index is 11.9. The van der Waals surface area contributed by atoms with Crippen LogP contribution in [0, 0.1) is 5.92 Å². The van der Waals surface area contributed by atoms with Gasteiger partial charge in [0.2, 0.25) is 0 Å². The van der Waals surface area contributed by atoms with E-state index in [0.29, 0.717) is 31.1 Å². The largest absolute Gasteiger partial charge is 0.481 e. The van der Waals surface area contributed by atoms with Crippen molar-refractivity contribution in [3.05, 3.63) is 29.3 Å². The normalized spacial score (nSPS) is 15.1. The highest BCUT2D eigenvalue weighted by Gasteiger charge is 2.24. The van der Waals surface area contributed by atoms with Crippen LogP contribution in [-0.4, -0.2) is 24.3 Å². The molecule has 4 nitrogen and oxygen atoms in total. The maximum Gasteiger partial charge on any atom is 0.260 e. The fourth-order valence-electron chi connectivity index (χ4n) is 2.26. The van der Waals surface area contributed by atoms with Crippen LogP contribution >= 0.6 is 0 Å². The summed E-state index contributed by atoms with van der Waals surface area (Å²) in [5, 5.41) is 2.85. The van der Waals surface area contributed by atoms with Gasteiger partial charge in [0.15, 0.2) is 11.9 Å². The summed E-state index contributed by atoms with van der Waals surface area (Å²) >= 11 is 0. The smallest absolute Gasteiger partial charge is 0.260 e. The minimum Gasteiger partial charge on any atom is -0.481 e. The van der Waals surface area contributed by atoms with E-state index < -0.39 is 6.10 Å². The second-order valence-electron chi connectivity index (χ2n) is 5.60. The van der Waals surface area contributed by atoms with Crippen molar-refractivity contribution in [2.45, 2.75) is 39.7 Å². The van der Waals surface area contributed by atoms with Crippen LogP contribution < -0.4 is 10.1 Å². The van der Waals surface area contributed by atoms with Gasteiger partial charge in [-0.15, -0.1) is 0 Å². The molecule has 0 radical (unpaired) electrons. The van der Waals surface area contributed by atoms with Crippen molar-refractivity contribution < 1.29 is 14.3 Å². The second kappa shape index (κ2) is 6.07. The molecule has 2 rings (SSSR count). The monoisotopic (exact) mass is 275 g/mol. The molecule has 0 aliphatic heterocycles. The average molecular weight is 275 g/mol. The molecule has 0 heterocycles. The number of nitrogens with one attached hydrogen (secondary N) is 1. The lowest BCUT2D eigenvalue weighted by atomic mass is 10.1. The minimum atomic E-state index is -0.559. The van der Waals surface area contributed by atoms with Crippen molar-refractivity contribution in [2.75, 3.05) is 6.54 Å². The van der Waals surface area contributed by atoms with Gasteiger partial charge in [0.25, 0.3) is 5.91 Å². The summed E-state index contributed by atoms with van der Waals surface area (Å²) in [5.74, 6) is 1.09. The van der Waals surface area contributed by atoms with Crippen molar-refractivity contribution in [1.82, 2.24) is 5.32 Å². The zero-order valence-electron chi connectivity index (χ0n) is 12.2. The predicted octanol–water partition coefficient (Wildman–Crippen LogP) is 2.36. The fraction of sp³-hybridized carbons (Fsp3) is 0.500. The summed E-state index contributed by atoms with van der Waals surface area (Å²) in [4.78, 5) is 23.6. The van der Waals surface area contributed by atoms with Gasteiger partial charge in [-0.1, -0.05) is 26.0 Å². The summed E-state index contributed by atoms with van der Waals surface area (Å²) < 4.78 is 5.74. The molecule has 1 aliphatic rings. The summed E-state index contributed by atoms with van der Waals surface area (Å²) in [6.07, 6.45) is 0.671. The first kappa shape index (κ1) is 14.6. The summed E-state index contributed by atoms with van der Waals surface area (Å²) in [6.45, 7) is 6.45. The van der Waals surface area contributed by atoms with Crippen LogP contribution in [-0.2, 0) is 11.2 Å². The van der Waals surface area contributed by atoms with Crippen molar-refractivity contribution in [3.63, 3.8) is 0 Å². The van der Waals surface area contributed by atoms with Crippen LogP contribution in [0.25, 0.3) is 0 Å². The number of fused-ring (bicyclic) bond motifs is 1. The van der Waals surface area contributed by atoms with Gasteiger partial charge in [0.05, 0.1) is 0 Å². The molecule has 0 saturated carbocycles. The summed E-state index contributed by atoms with van der Waals surface area (Å²) in [7, 11) is 0. The molecule has 1 aromatic carbocycles. The molecule has 1 unspecified atom stereocenters. The van der Waals surface area contributed by atoms with Crippen LogP contribution in [0.15, 0.2) is 18.2 Å². The van der Waals surface area contributed by atoms with Crippen molar-refractivity contribution >= 4 is 11.7 Å². The Kier molecular flexibility index (Phi) is 4.42. The number of benzene rings is 1. The van der Waals surface area contributed by atoms with Gasteiger partial charge in [0, 0.05) is 24.1 Å². The van der Waals surface area contributed by atoms with E-state index in [1.165, 1.54) is 0 Å². The number of ketones is 1. The Morgan fingerprint density at radius 2 is 2.05 bits per heavy atom. The molecule has 0 aromatic heterocycles. The number of amides is 1. The number of Topliss-reactive ketones (excluding diaryl/α,β-unsaturated/α-hetero) is 1. The fourth-order valence-corrected chi connectivity index (χ4v) is 2.26. The second-order valence-corrected chi connectivity index (χ2v) is 5.60. The molecule has 108 valence electrons. The minimum absolute atomic E-state index is 0.124. The van der Waals surface area contributed by atoms with E-state index in [-0.39, 0.29) is 11.7 Å². The zero-order chi connectivity index (χ0) is 14.7. The molecule has 0 fully saturated rings. The van der Waals surface area contributed by atoms with Crippen molar-refractivity contribution in [1.29, 1.82) is 0 Å². The molecule has 1 aliphatic carbocycles. The van der Waals surface area contributed by atoms with E-state index in [1.54, 1.807) is 13.0 Å². The highest BCUT2D eigenvalue weighted by molar-refractivity contribution is 6.01. The Morgan fingerprint density at radius 1 is 1.30 bits per heavy atom. The van der Waals surface area contributed by atoms with Gasteiger partial charge in [-0.05, 0) is 25.3 Å². The van der Waals surface area contributed by atoms with Crippen molar-refractivity contribution in [2.24, 2.45) is 5.92 Å². The lowest BCUT2D eigenvalue weighted by Gasteiger charge is -2.17. The quantitative estimate of drug-likeness (QED) is 0.897. The molecule has 0 spiro atoms. The number of carbonyl (C=O) groups is 2. The maximum absolute atomic E-state index is 11.9. The van der Waals surface area contributed by atoms with Gasteiger partial charge in [0.1, 0.15) is 5.75 Å². The molecule has 1 amide bonds. The highest BCUT2D eigenvalue weighted by atomic mass is 16.5. The number of hydrogen-bond acceptors (Lipinski definition) is 3. The van der Waals surface area contributed by atoms with E-state index in [0.717, 1.165) is 11.1 Å². The average Bonchev–Trinajstić information content (AvgIpc) is 2.79. The highest BCUT2D eigenvalue weighted by Crippen LogP contribution is 2.31. The van der Waals surface area contributed by atoms with Gasteiger partial charge < -0.3 is 10.1 Å². The number of hydrogen-bond donors (Lipinski definition) is 1. The Bertz CT molecular complexity index is 522. The third-order valence-corrected chi connectivity index (χ3v) is 3.39. The van der Waals surface area contributed by atoms with Crippen molar-refractivity contribution in [3.8, 4) is 5.75 Å². The number of rotatable bonds is 5. The third-order valence-electron chi connectivity index (χ3n) is 3.39. The molecule has 4 heteroatoms. The van der Waals surface area contributed by atoms with Crippen LogP contribution in [0.1, 0.15) is 43.1 Å². The van der Waals surface area contributed by atoms with Crippen LogP contribution in [0.4, 0.5) is 0 Å².